The number of amidine groups is 1. The van der Waals surface area contributed by atoms with E-state index in [1.807, 2.05) is 36.2 Å². The zero-order valence-corrected chi connectivity index (χ0v) is 8.90. The first kappa shape index (κ1) is 9.98. The van der Waals surface area contributed by atoms with Gasteiger partial charge < -0.3 is 10.6 Å². The van der Waals surface area contributed by atoms with Crippen molar-refractivity contribution in [2.24, 2.45) is 0 Å². The van der Waals surface area contributed by atoms with Gasteiger partial charge in [-0.15, -0.1) is 0 Å². The molecular formula is C11H16N4. The lowest BCUT2D eigenvalue weighted by Gasteiger charge is -2.34. The van der Waals surface area contributed by atoms with E-state index in [1.54, 1.807) is 0 Å². The summed E-state index contributed by atoms with van der Waals surface area (Å²) in [5.74, 6) is 0.647. The molecule has 1 saturated heterocycles. The number of anilines is 2. The van der Waals surface area contributed by atoms with Crippen molar-refractivity contribution in [1.29, 1.82) is 5.41 Å². The van der Waals surface area contributed by atoms with E-state index >= 15 is 0 Å². The standard InChI is InChI=1S/C11H16N4/c1-14-6-7-15(11(13)8-14)10-4-2-9(12)3-5-10/h2-5,13H,6-8,12H2,1H3. The van der Waals surface area contributed by atoms with Crippen molar-refractivity contribution < 1.29 is 0 Å². The van der Waals surface area contributed by atoms with Gasteiger partial charge >= 0.3 is 0 Å². The van der Waals surface area contributed by atoms with Crippen LogP contribution < -0.4 is 10.6 Å². The van der Waals surface area contributed by atoms with E-state index in [9.17, 15) is 0 Å². The second-order valence-corrected chi connectivity index (χ2v) is 3.93. The Bertz CT molecular complexity index is 357. The quantitative estimate of drug-likeness (QED) is 0.671. The van der Waals surface area contributed by atoms with Gasteiger partial charge in [-0.3, -0.25) is 10.3 Å². The van der Waals surface area contributed by atoms with Crippen LogP contribution in [0.1, 0.15) is 0 Å². The van der Waals surface area contributed by atoms with Crippen molar-refractivity contribution in [2.45, 2.75) is 0 Å². The minimum atomic E-state index is 0.647. The molecule has 1 heterocycles. The van der Waals surface area contributed by atoms with E-state index in [-0.39, 0.29) is 0 Å². The summed E-state index contributed by atoms with van der Waals surface area (Å²) in [7, 11) is 2.04. The highest BCUT2D eigenvalue weighted by atomic mass is 15.3. The second-order valence-electron chi connectivity index (χ2n) is 3.93. The number of hydrogen-bond acceptors (Lipinski definition) is 3. The summed E-state index contributed by atoms with van der Waals surface area (Å²) in [6.45, 7) is 2.58. The SMILES string of the molecule is CN1CCN(c2ccc(N)cc2)C(=N)C1. The molecule has 0 aliphatic carbocycles. The van der Waals surface area contributed by atoms with Crippen LogP contribution in [0.2, 0.25) is 0 Å². The molecule has 1 aromatic rings. The lowest BCUT2D eigenvalue weighted by atomic mass is 10.2. The number of piperazine rings is 1. The zero-order chi connectivity index (χ0) is 10.8. The lowest BCUT2D eigenvalue weighted by Crippen LogP contribution is -2.48. The molecule has 1 aliphatic heterocycles. The zero-order valence-electron chi connectivity index (χ0n) is 8.90. The van der Waals surface area contributed by atoms with Gasteiger partial charge in [-0.25, -0.2) is 0 Å². The van der Waals surface area contributed by atoms with Crippen LogP contribution in [0.25, 0.3) is 0 Å². The maximum absolute atomic E-state index is 7.92. The molecule has 0 radical (unpaired) electrons. The van der Waals surface area contributed by atoms with Crippen LogP contribution in [0.15, 0.2) is 24.3 Å². The van der Waals surface area contributed by atoms with Crippen LogP contribution >= 0.6 is 0 Å². The summed E-state index contributed by atoms with van der Waals surface area (Å²) in [5, 5.41) is 7.92. The third-order valence-corrected chi connectivity index (χ3v) is 2.66. The molecule has 0 atom stereocenters. The number of nitrogens with zero attached hydrogens (tertiary/aromatic N) is 2. The molecule has 80 valence electrons. The van der Waals surface area contributed by atoms with Crippen LogP contribution in [-0.4, -0.2) is 37.4 Å². The predicted molar refractivity (Wildman–Crippen MR) is 63.4 cm³/mol. The largest absolute Gasteiger partial charge is 0.399 e. The molecule has 0 unspecified atom stereocenters. The molecule has 1 aliphatic rings. The molecule has 0 saturated carbocycles. The maximum Gasteiger partial charge on any atom is 0.115 e. The fraction of sp³-hybridized carbons (Fsp3) is 0.364. The second kappa shape index (κ2) is 3.90. The van der Waals surface area contributed by atoms with Crippen molar-refractivity contribution in [1.82, 2.24) is 4.90 Å². The highest BCUT2D eigenvalue weighted by molar-refractivity contribution is 5.97. The summed E-state index contributed by atoms with van der Waals surface area (Å²) in [4.78, 5) is 4.18. The summed E-state index contributed by atoms with van der Waals surface area (Å²) in [6, 6.07) is 7.69. The fourth-order valence-corrected chi connectivity index (χ4v) is 1.76. The monoisotopic (exact) mass is 204 g/mol. The van der Waals surface area contributed by atoms with Crippen molar-refractivity contribution >= 4 is 17.2 Å². The first-order valence-corrected chi connectivity index (χ1v) is 5.06. The molecule has 4 nitrogen and oxygen atoms in total. The van der Waals surface area contributed by atoms with Crippen LogP contribution in [0.3, 0.4) is 0 Å². The van der Waals surface area contributed by atoms with Gasteiger partial charge in [0.25, 0.3) is 0 Å². The first-order valence-electron chi connectivity index (χ1n) is 5.06. The summed E-state index contributed by atoms with van der Waals surface area (Å²) < 4.78 is 0. The summed E-state index contributed by atoms with van der Waals surface area (Å²) in [5.41, 5.74) is 7.45. The predicted octanol–water partition coefficient (Wildman–Crippen LogP) is 0.998. The van der Waals surface area contributed by atoms with Crippen LogP contribution in [0.4, 0.5) is 11.4 Å². The Balaban J connectivity index is 2.17. The molecule has 0 spiro atoms. The Morgan fingerprint density at radius 3 is 2.47 bits per heavy atom. The Morgan fingerprint density at radius 2 is 1.87 bits per heavy atom. The molecule has 15 heavy (non-hydrogen) atoms. The van der Waals surface area contributed by atoms with Gasteiger partial charge in [0.1, 0.15) is 5.84 Å². The number of rotatable bonds is 1. The number of benzene rings is 1. The number of hydrogen-bond donors (Lipinski definition) is 2. The summed E-state index contributed by atoms with van der Waals surface area (Å²) in [6.07, 6.45) is 0. The summed E-state index contributed by atoms with van der Waals surface area (Å²) >= 11 is 0. The third-order valence-electron chi connectivity index (χ3n) is 2.66. The van der Waals surface area contributed by atoms with E-state index in [2.05, 4.69) is 4.90 Å². The van der Waals surface area contributed by atoms with E-state index in [0.29, 0.717) is 12.4 Å². The molecule has 2 rings (SSSR count). The molecular weight excluding hydrogens is 188 g/mol. The van der Waals surface area contributed by atoms with Crippen molar-refractivity contribution in [3.63, 3.8) is 0 Å². The topological polar surface area (TPSA) is 56.4 Å². The third kappa shape index (κ3) is 2.10. The molecule has 3 N–H and O–H groups in total. The van der Waals surface area contributed by atoms with Gasteiger partial charge in [-0.05, 0) is 31.3 Å². The van der Waals surface area contributed by atoms with Gasteiger partial charge in [0.15, 0.2) is 0 Å². The Hall–Kier alpha value is -1.55. The number of nitrogens with one attached hydrogen (secondary N) is 1. The maximum atomic E-state index is 7.92. The van der Waals surface area contributed by atoms with Crippen molar-refractivity contribution in [3.05, 3.63) is 24.3 Å². The average Bonchev–Trinajstić information content (AvgIpc) is 2.20. The molecule has 1 fully saturated rings. The van der Waals surface area contributed by atoms with E-state index < -0.39 is 0 Å². The Labute approximate surface area is 89.8 Å². The van der Waals surface area contributed by atoms with Crippen LogP contribution in [0.5, 0.6) is 0 Å². The van der Waals surface area contributed by atoms with Gasteiger partial charge in [0.2, 0.25) is 0 Å². The van der Waals surface area contributed by atoms with Gasteiger partial charge in [-0.2, -0.15) is 0 Å². The Morgan fingerprint density at radius 1 is 1.20 bits per heavy atom. The molecule has 1 aromatic carbocycles. The highest BCUT2D eigenvalue weighted by Gasteiger charge is 2.19. The van der Waals surface area contributed by atoms with Crippen LogP contribution in [0, 0.1) is 5.41 Å². The molecule has 0 amide bonds. The van der Waals surface area contributed by atoms with Crippen molar-refractivity contribution in [3.8, 4) is 0 Å². The normalized spacial score (nSPS) is 18.2. The van der Waals surface area contributed by atoms with E-state index in [1.165, 1.54) is 0 Å². The van der Waals surface area contributed by atoms with Crippen molar-refractivity contribution in [2.75, 3.05) is 37.3 Å². The van der Waals surface area contributed by atoms with Crippen LogP contribution in [-0.2, 0) is 0 Å². The van der Waals surface area contributed by atoms with E-state index in [0.717, 1.165) is 24.5 Å². The fourth-order valence-electron chi connectivity index (χ4n) is 1.76. The lowest BCUT2D eigenvalue weighted by molar-refractivity contribution is 0.370. The Kier molecular flexibility index (Phi) is 2.60. The molecule has 0 bridgehead atoms. The number of likely N-dealkylation sites (N-methyl/N-ethyl adjacent to an activating group) is 1. The number of nitrogen functional groups attached to an aromatic ring is 1. The van der Waals surface area contributed by atoms with Gasteiger partial charge in [-0.1, -0.05) is 0 Å². The smallest absolute Gasteiger partial charge is 0.115 e. The molecule has 4 heteroatoms. The molecule has 0 aromatic heterocycles. The van der Waals surface area contributed by atoms with Gasteiger partial charge in [0.05, 0.1) is 6.54 Å². The van der Waals surface area contributed by atoms with E-state index in [4.69, 9.17) is 11.1 Å². The minimum absolute atomic E-state index is 0.647. The average molecular weight is 204 g/mol. The highest BCUT2D eigenvalue weighted by Crippen LogP contribution is 2.18. The minimum Gasteiger partial charge on any atom is -0.399 e. The number of nitrogens with two attached hydrogens (primary N) is 1. The first-order chi connectivity index (χ1) is 7.16. The van der Waals surface area contributed by atoms with Gasteiger partial charge in [0, 0.05) is 24.5 Å².